The van der Waals surface area contributed by atoms with Gasteiger partial charge in [-0.05, 0) is 0 Å². The van der Waals surface area contributed by atoms with E-state index in [4.69, 9.17) is 0 Å². The van der Waals surface area contributed by atoms with Gasteiger partial charge in [-0.2, -0.15) is 13.2 Å². The van der Waals surface area contributed by atoms with Gasteiger partial charge in [0.1, 0.15) is 10.5 Å². The number of sulfonamides is 1. The normalized spacial score (nSPS) is 13.1. The lowest BCUT2D eigenvalue weighted by atomic mass is 10.2. The molecule has 1 aromatic rings. The van der Waals surface area contributed by atoms with E-state index < -0.39 is 49.9 Å². The van der Waals surface area contributed by atoms with E-state index in [9.17, 15) is 39.2 Å². The van der Waals surface area contributed by atoms with Gasteiger partial charge in [0, 0.05) is 14.1 Å². The van der Waals surface area contributed by atoms with Crippen LogP contribution < -0.4 is 0 Å². The smallest absolute Gasteiger partial charge is 0.207 e. The summed E-state index contributed by atoms with van der Waals surface area (Å²) in [6.45, 7) is 0. The van der Waals surface area contributed by atoms with E-state index in [1.807, 2.05) is 0 Å². The summed E-state index contributed by atoms with van der Waals surface area (Å²) >= 11 is 0. The minimum absolute atomic E-state index is 0.109. The van der Waals surface area contributed by atoms with Crippen LogP contribution in [0.2, 0.25) is 0 Å². The quantitative estimate of drug-likeness (QED) is 0.476. The molecule has 1 rings (SSSR count). The summed E-state index contributed by atoms with van der Waals surface area (Å²) in [7, 11) is -3.76. The highest BCUT2D eigenvalue weighted by atomic mass is 32.2. The summed E-state index contributed by atoms with van der Waals surface area (Å²) in [4.78, 5) is -2.30. The van der Waals surface area contributed by atoms with Gasteiger partial charge in [0.25, 0.3) is 0 Å². The minimum atomic E-state index is -5.74. The number of alkyl halides is 3. The van der Waals surface area contributed by atoms with Gasteiger partial charge in [-0.3, -0.25) is 0 Å². The highest BCUT2D eigenvalue weighted by Crippen LogP contribution is 2.40. The predicted molar refractivity (Wildman–Crippen MR) is 52.1 cm³/mol. The van der Waals surface area contributed by atoms with Gasteiger partial charge in [0.15, 0.2) is 23.3 Å². The fraction of sp³-hybridized carbons (Fsp3) is 0.333. The molecule has 0 amide bonds. The van der Waals surface area contributed by atoms with Crippen LogP contribution in [-0.2, 0) is 16.2 Å². The molecule has 0 aliphatic rings. The third kappa shape index (κ3) is 2.46. The van der Waals surface area contributed by atoms with Crippen molar-refractivity contribution in [3.8, 4) is 0 Å². The van der Waals surface area contributed by atoms with Crippen LogP contribution in [0.4, 0.5) is 30.7 Å². The summed E-state index contributed by atoms with van der Waals surface area (Å²) in [5.74, 6) is -10.8. The Balaban J connectivity index is 4.03. The highest BCUT2D eigenvalue weighted by molar-refractivity contribution is 7.89. The van der Waals surface area contributed by atoms with Crippen molar-refractivity contribution in [2.24, 2.45) is 0 Å². The zero-order valence-electron chi connectivity index (χ0n) is 9.82. The van der Waals surface area contributed by atoms with Gasteiger partial charge in [-0.25, -0.2) is 30.3 Å². The first kappa shape index (κ1) is 16.7. The van der Waals surface area contributed by atoms with Gasteiger partial charge >= 0.3 is 6.18 Å². The number of nitrogens with zero attached hydrogens (tertiary/aromatic N) is 1. The third-order valence-electron chi connectivity index (χ3n) is 2.25. The van der Waals surface area contributed by atoms with Crippen LogP contribution in [0.3, 0.4) is 0 Å². The third-order valence-corrected chi connectivity index (χ3v) is 4.11. The van der Waals surface area contributed by atoms with Crippen molar-refractivity contribution >= 4 is 10.0 Å². The molecule has 0 spiro atoms. The molecular formula is C9H6F7NO2S. The van der Waals surface area contributed by atoms with E-state index in [2.05, 4.69) is 0 Å². The molecule has 0 aliphatic heterocycles. The van der Waals surface area contributed by atoms with Gasteiger partial charge in [-0.1, -0.05) is 0 Å². The molecule has 0 saturated carbocycles. The Bertz CT molecular complexity index is 651. The van der Waals surface area contributed by atoms with Crippen molar-refractivity contribution in [2.75, 3.05) is 14.1 Å². The van der Waals surface area contributed by atoms with E-state index in [0.717, 1.165) is 0 Å². The number of hydrogen-bond acceptors (Lipinski definition) is 2. The second-order valence-corrected chi connectivity index (χ2v) is 5.83. The van der Waals surface area contributed by atoms with Crippen molar-refractivity contribution in [3.63, 3.8) is 0 Å². The van der Waals surface area contributed by atoms with Crippen molar-refractivity contribution in [1.29, 1.82) is 0 Å². The summed E-state index contributed by atoms with van der Waals surface area (Å²) in [6.07, 6.45) is -5.74. The molecule has 0 aliphatic carbocycles. The molecule has 0 bridgehead atoms. The molecule has 0 aromatic heterocycles. The zero-order chi connectivity index (χ0) is 16.0. The standard InChI is InChI=1S/C9H6F7NO2S/c1-17(2)20(18,19)8-3(9(14,15)16)4(10)5(11)6(12)7(8)13/h1-2H3. The average Bonchev–Trinajstić information content (AvgIpc) is 2.28. The molecular weight excluding hydrogens is 319 g/mol. The van der Waals surface area contributed by atoms with E-state index in [1.165, 1.54) is 0 Å². The van der Waals surface area contributed by atoms with Gasteiger partial charge in [0.2, 0.25) is 10.0 Å². The SMILES string of the molecule is CN(C)S(=O)(=O)c1c(F)c(F)c(F)c(F)c1C(F)(F)F. The Labute approximate surface area is 108 Å². The van der Waals surface area contributed by atoms with E-state index in [0.29, 0.717) is 14.1 Å². The average molecular weight is 325 g/mol. The lowest BCUT2D eigenvalue weighted by molar-refractivity contribution is -0.143. The first-order valence-electron chi connectivity index (χ1n) is 4.69. The Kier molecular flexibility index (Phi) is 4.07. The molecule has 0 radical (unpaired) electrons. The number of benzene rings is 1. The maximum Gasteiger partial charge on any atom is 0.420 e. The van der Waals surface area contributed by atoms with Crippen LogP contribution in [0.15, 0.2) is 4.90 Å². The van der Waals surface area contributed by atoms with E-state index in [-0.39, 0.29) is 4.31 Å². The molecule has 0 atom stereocenters. The van der Waals surface area contributed by atoms with E-state index >= 15 is 0 Å². The predicted octanol–water partition coefficient (Wildman–Crippen LogP) is 2.51. The first-order chi connectivity index (χ1) is 8.83. The molecule has 11 heteroatoms. The zero-order valence-corrected chi connectivity index (χ0v) is 10.6. The van der Waals surface area contributed by atoms with Crippen molar-refractivity contribution in [1.82, 2.24) is 4.31 Å². The molecule has 20 heavy (non-hydrogen) atoms. The fourth-order valence-electron chi connectivity index (χ4n) is 1.29. The Morgan fingerprint density at radius 3 is 1.60 bits per heavy atom. The van der Waals surface area contributed by atoms with Crippen LogP contribution in [0.5, 0.6) is 0 Å². The van der Waals surface area contributed by atoms with E-state index in [1.54, 1.807) is 0 Å². The number of rotatable bonds is 2. The van der Waals surface area contributed by atoms with Crippen LogP contribution in [0.1, 0.15) is 5.56 Å². The summed E-state index contributed by atoms with van der Waals surface area (Å²) in [6, 6.07) is 0. The molecule has 0 saturated heterocycles. The Hall–Kier alpha value is -1.36. The number of halogens is 7. The Morgan fingerprint density at radius 1 is 0.850 bits per heavy atom. The lowest BCUT2D eigenvalue weighted by Crippen LogP contribution is -2.28. The van der Waals surface area contributed by atoms with Crippen molar-refractivity contribution in [2.45, 2.75) is 11.1 Å². The molecule has 0 heterocycles. The monoisotopic (exact) mass is 325 g/mol. The molecule has 114 valence electrons. The molecule has 0 N–H and O–H groups in total. The van der Waals surface area contributed by atoms with Gasteiger partial charge in [-0.15, -0.1) is 0 Å². The first-order valence-corrected chi connectivity index (χ1v) is 6.13. The topological polar surface area (TPSA) is 37.4 Å². The Morgan fingerprint density at radius 2 is 1.25 bits per heavy atom. The fourth-order valence-corrected chi connectivity index (χ4v) is 2.43. The van der Waals surface area contributed by atoms with Crippen molar-refractivity contribution in [3.05, 3.63) is 28.8 Å². The second-order valence-electron chi connectivity index (χ2n) is 3.75. The van der Waals surface area contributed by atoms with Crippen LogP contribution in [0.25, 0.3) is 0 Å². The van der Waals surface area contributed by atoms with Gasteiger partial charge < -0.3 is 0 Å². The minimum Gasteiger partial charge on any atom is -0.207 e. The maximum absolute atomic E-state index is 13.4. The molecule has 1 aromatic carbocycles. The maximum atomic E-state index is 13.4. The second kappa shape index (κ2) is 4.88. The van der Waals surface area contributed by atoms with Crippen LogP contribution in [-0.4, -0.2) is 26.8 Å². The van der Waals surface area contributed by atoms with Gasteiger partial charge in [0.05, 0.1) is 0 Å². The number of hydrogen-bond donors (Lipinski definition) is 0. The summed E-state index contributed by atoms with van der Waals surface area (Å²) < 4.78 is 114. The summed E-state index contributed by atoms with van der Waals surface area (Å²) in [5.41, 5.74) is -2.72. The highest BCUT2D eigenvalue weighted by Gasteiger charge is 2.46. The van der Waals surface area contributed by atoms with Crippen LogP contribution in [0, 0.1) is 23.3 Å². The molecule has 0 fully saturated rings. The van der Waals surface area contributed by atoms with Crippen molar-refractivity contribution < 1.29 is 39.2 Å². The molecule has 3 nitrogen and oxygen atoms in total. The van der Waals surface area contributed by atoms with Crippen LogP contribution >= 0.6 is 0 Å². The lowest BCUT2D eigenvalue weighted by Gasteiger charge is -2.18. The summed E-state index contributed by atoms with van der Waals surface area (Å²) in [5, 5.41) is 0. The largest absolute Gasteiger partial charge is 0.420 e. The molecule has 0 unspecified atom stereocenters.